The molecule has 1 aromatic carbocycles. The molecule has 0 saturated carbocycles. The Morgan fingerprint density at radius 2 is 1.82 bits per heavy atom. The summed E-state index contributed by atoms with van der Waals surface area (Å²) < 4.78 is 6.37. The molecule has 0 unspecified atom stereocenters. The number of rotatable bonds is 3. The first-order valence-corrected chi connectivity index (χ1v) is 7.20. The third-order valence-electron chi connectivity index (χ3n) is 3.22. The highest BCUT2D eigenvalue weighted by Gasteiger charge is 2.24. The van der Waals surface area contributed by atoms with Gasteiger partial charge in [-0.2, -0.15) is 5.10 Å². The zero-order chi connectivity index (χ0) is 16.6. The third-order valence-corrected chi connectivity index (χ3v) is 4.28. The second kappa shape index (κ2) is 6.10. The van der Waals surface area contributed by atoms with Crippen LogP contribution in [0.5, 0.6) is 5.88 Å². The van der Waals surface area contributed by atoms with Crippen molar-refractivity contribution in [2.24, 2.45) is 7.05 Å². The molecular weight excluding hydrogens is 327 g/mol. The van der Waals surface area contributed by atoms with Crippen molar-refractivity contribution in [3.8, 4) is 5.88 Å². The molecular formula is C15H14Cl2N2O3. The Morgan fingerprint density at radius 3 is 2.41 bits per heavy atom. The van der Waals surface area contributed by atoms with E-state index >= 15 is 0 Å². The number of benzene rings is 1. The Morgan fingerprint density at radius 1 is 1.18 bits per heavy atom. The van der Waals surface area contributed by atoms with Crippen molar-refractivity contribution >= 4 is 35.0 Å². The van der Waals surface area contributed by atoms with Crippen LogP contribution in [0, 0.1) is 13.8 Å². The molecule has 2 rings (SSSR count). The van der Waals surface area contributed by atoms with E-state index in [1.807, 2.05) is 0 Å². The lowest BCUT2D eigenvalue weighted by Crippen LogP contribution is -2.11. The van der Waals surface area contributed by atoms with E-state index in [1.165, 1.54) is 17.8 Å². The van der Waals surface area contributed by atoms with Gasteiger partial charge in [-0.1, -0.05) is 23.2 Å². The number of esters is 1. The Kier molecular flexibility index (Phi) is 4.58. The summed E-state index contributed by atoms with van der Waals surface area (Å²) >= 11 is 12.4. The molecule has 0 N–H and O–H groups in total. The summed E-state index contributed by atoms with van der Waals surface area (Å²) in [6, 6.07) is 1.62. The van der Waals surface area contributed by atoms with Gasteiger partial charge < -0.3 is 4.74 Å². The molecule has 7 heteroatoms. The van der Waals surface area contributed by atoms with Gasteiger partial charge in [0.1, 0.15) is 5.56 Å². The first kappa shape index (κ1) is 16.5. The lowest BCUT2D eigenvalue weighted by Gasteiger charge is -2.11. The van der Waals surface area contributed by atoms with Crippen molar-refractivity contribution in [1.82, 2.24) is 9.78 Å². The minimum Gasteiger partial charge on any atom is -0.407 e. The van der Waals surface area contributed by atoms with Crippen molar-refractivity contribution in [3.05, 3.63) is 44.6 Å². The molecule has 0 aliphatic carbocycles. The standard InChI is InChI=1S/C15H14Cl2N2O3/c1-7-5-10(13(17)8(2)12(7)16)14(21)11-6-18-19(4)15(11)22-9(3)20/h5-6H,1-4H3. The van der Waals surface area contributed by atoms with E-state index in [9.17, 15) is 9.59 Å². The fourth-order valence-electron chi connectivity index (χ4n) is 2.09. The minimum atomic E-state index is -0.535. The highest BCUT2D eigenvalue weighted by molar-refractivity contribution is 6.39. The van der Waals surface area contributed by atoms with Gasteiger partial charge in [-0.15, -0.1) is 0 Å². The SMILES string of the molecule is CC(=O)Oc1c(C(=O)c2cc(C)c(Cl)c(C)c2Cl)cnn1C. The maximum absolute atomic E-state index is 12.7. The van der Waals surface area contributed by atoms with Gasteiger partial charge in [0.15, 0.2) is 0 Å². The fourth-order valence-corrected chi connectivity index (χ4v) is 2.52. The van der Waals surface area contributed by atoms with Gasteiger partial charge in [0.05, 0.1) is 11.2 Å². The number of aryl methyl sites for hydroxylation is 2. The molecule has 0 radical (unpaired) electrons. The van der Waals surface area contributed by atoms with E-state index in [-0.39, 0.29) is 22.2 Å². The molecule has 1 aromatic heterocycles. The monoisotopic (exact) mass is 340 g/mol. The van der Waals surface area contributed by atoms with Crippen LogP contribution in [0.3, 0.4) is 0 Å². The predicted molar refractivity (Wildman–Crippen MR) is 83.9 cm³/mol. The van der Waals surface area contributed by atoms with Gasteiger partial charge in [0, 0.05) is 24.6 Å². The van der Waals surface area contributed by atoms with E-state index in [0.717, 1.165) is 5.56 Å². The van der Waals surface area contributed by atoms with Gasteiger partial charge in [0.2, 0.25) is 11.7 Å². The minimum absolute atomic E-state index is 0.0822. The summed E-state index contributed by atoms with van der Waals surface area (Å²) in [4.78, 5) is 23.9. The zero-order valence-electron chi connectivity index (χ0n) is 12.5. The fraction of sp³-hybridized carbons (Fsp3) is 0.267. The average Bonchev–Trinajstić information content (AvgIpc) is 2.80. The maximum Gasteiger partial charge on any atom is 0.309 e. The summed E-state index contributed by atoms with van der Waals surface area (Å²) in [5, 5.41) is 4.76. The first-order chi connectivity index (χ1) is 10.2. The smallest absolute Gasteiger partial charge is 0.309 e. The summed E-state index contributed by atoms with van der Waals surface area (Å²) in [5.41, 5.74) is 1.83. The molecule has 116 valence electrons. The average molecular weight is 341 g/mol. The number of ketones is 1. The Hall–Kier alpha value is -1.85. The highest BCUT2D eigenvalue weighted by Crippen LogP contribution is 2.33. The van der Waals surface area contributed by atoms with Crippen molar-refractivity contribution in [2.45, 2.75) is 20.8 Å². The number of halogens is 2. The molecule has 5 nitrogen and oxygen atoms in total. The van der Waals surface area contributed by atoms with Gasteiger partial charge >= 0.3 is 5.97 Å². The first-order valence-electron chi connectivity index (χ1n) is 6.44. The number of aromatic nitrogens is 2. The third kappa shape index (κ3) is 2.87. The summed E-state index contributed by atoms with van der Waals surface area (Å²) in [7, 11) is 1.58. The van der Waals surface area contributed by atoms with Crippen LogP contribution in [-0.2, 0) is 11.8 Å². The van der Waals surface area contributed by atoms with E-state index in [1.54, 1.807) is 27.0 Å². The van der Waals surface area contributed by atoms with Gasteiger partial charge in [0.25, 0.3) is 0 Å². The van der Waals surface area contributed by atoms with Gasteiger partial charge in [-0.3, -0.25) is 9.59 Å². The summed E-state index contributed by atoms with van der Waals surface area (Å²) in [6.07, 6.45) is 1.34. The molecule has 2 aromatic rings. The van der Waals surface area contributed by atoms with Crippen molar-refractivity contribution in [2.75, 3.05) is 0 Å². The maximum atomic E-state index is 12.7. The van der Waals surface area contributed by atoms with Crippen LogP contribution in [0.15, 0.2) is 12.3 Å². The van der Waals surface area contributed by atoms with E-state index in [4.69, 9.17) is 27.9 Å². The number of carbonyl (C=O) groups is 2. The number of carbonyl (C=O) groups excluding carboxylic acids is 2. The second-order valence-corrected chi connectivity index (χ2v) is 5.66. The molecule has 0 fully saturated rings. The topological polar surface area (TPSA) is 61.2 Å². The van der Waals surface area contributed by atoms with Crippen LogP contribution < -0.4 is 4.74 Å². The lowest BCUT2D eigenvalue weighted by molar-refractivity contribution is -0.132. The Balaban J connectivity index is 2.57. The quantitative estimate of drug-likeness (QED) is 0.633. The van der Waals surface area contributed by atoms with Crippen LogP contribution in [-0.4, -0.2) is 21.5 Å². The molecule has 1 heterocycles. The molecule has 0 aliphatic rings. The van der Waals surface area contributed by atoms with Crippen LogP contribution in [0.4, 0.5) is 0 Å². The molecule has 0 amide bonds. The molecule has 0 spiro atoms. The molecule has 0 atom stereocenters. The Bertz CT molecular complexity index is 782. The van der Waals surface area contributed by atoms with Crippen LogP contribution in [0.1, 0.15) is 34.0 Å². The van der Waals surface area contributed by atoms with Crippen LogP contribution in [0.2, 0.25) is 10.0 Å². The number of hydrogen-bond donors (Lipinski definition) is 0. The number of nitrogens with zero attached hydrogens (tertiary/aromatic N) is 2. The summed E-state index contributed by atoms with van der Waals surface area (Å²) in [6.45, 7) is 4.79. The second-order valence-electron chi connectivity index (χ2n) is 4.90. The van der Waals surface area contributed by atoms with Crippen LogP contribution in [0.25, 0.3) is 0 Å². The van der Waals surface area contributed by atoms with Crippen molar-refractivity contribution in [3.63, 3.8) is 0 Å². The largest absolute Gasteiger partial charge is 0.407 e. The summed E-state index contributed by atoms with van der Waals surface area (Å²) in [5.74, 6) is -0.830. The predicted octanol–water partition coefficient (Wildman–Crippen LogP) is 3.50. The van der Waals surface area contributed by atoms with Gasteiger partial charge in [-0.05, 0) is 31.0 Å². The molecule has 0 bridgehead atoms. The Labute approximate surface area is 137 Å². The van der Waals surface area contributed by atoms with Crippen molar-refractivity contribution < 1.29 is 14.3 Å². The van der Waals surface area contributed by atoms with E-state index < -0.39 is 5.97 Å². The molecule has 0 saturated heterocycles. The van der Waals surface area contributed by atoms with Crippen LogP contribution >= 0.6 is 23.2 Å². The lowest BCUT2D eigenvalue weighted by atomic mass is 10.0. The highest BCUT2D eigenvalue weighted by atomic mass is 35.5. The van der Waals surface area contributed by atoms with E-state index in [2.05, 4.69) is 5.10 Å². The zero-order valence-corrected chi connectivity index (χ0v) is 14.0. The molecule has 22 heavy (non-hydrogen) atoms. The van der Waals surface area contributed by atoms with Gasteiger partial charge in [-0.25, -0.2) is 4.68 Å². The normalized spacial score (nSPS) is 10.6. The van der Waals surface area contributed by atoms with E-state index in [0.29, 0.717) is 16.1 Å². The van der Waals surface area contributed by atoms with Crippen molar-refractivity contribution in [1.29, 1.82) is 0 Å². The molecule has 0 aliphatic heterocycles. The number of ether oxygens (including phenoxy) is 1. The number of hydrogen-bond acceptors (Lipinski definition) is 4.